The van der Waals surface area contributed by atoms with Crippen molar-refractivity contribution < 1.29 is 4.79 Å². The van der Waals surface area contributed by atoms with E-state index in [9.17, 15) is 4.79 Å². The molecule has 0 aromatic carbocycles. The zero-order chi connectivity index (χ0) is 16.1. The summed E-state index contributed by atoms with van der Waals surface area (Å²) in [5, 5.41) is 6.42. The molecule has 2 N–H and O–H groups in total. The molecule has 1 unspecified atom stereocenters. The number of carbonyl (C=O) groups excluding carboxylic acids is 1. The van der Waals surface area contributed by atoms with E-state index in [1.54, 1.807) is 6.20 Å². The number of aromatic nitrogens is 1. The van der Waals surface area contributed by atoms with Crippen LogP contribution in [0.4, 0.5) is 5.82 Å². The van der Waals surface area contributed by atoms with Crippen molar-refractivity contribution in [1.82, 2.24) is 15.2 Å². The molecular formula is C17H26BrClN4O. The number of piperidine rings is 2. The van der Waals surface area contributed by atoms with Crippen molar-refractivity contribution >= 4 is 40.1 Å². The number of nitrogens with one attached hydrogen (secondary N) is 2. The van der Waals surface area contributed by atoms with E-state index in [0.717, 1.165) is 42.9 Å². The Morgan fingerprint density at radius 2 is 2.12 bits per heavy atom. The van der Waals surface area contributed by atoms with Gasteiger partial charge in [-0.3, -0.25) is 4.79 Å². The first-order valence-corrected chi connectivity index (χ1v) is 9.35. The van der Waals surface area contributed by atoms with Gasteiger partial charge in [-0.15, -0.1) is 12.4 Å². The van der Waals surface area contributed by atoms with E-state index in [1.807, 2.05) is 12.1 Å². The topological polar surface area (TPSA) is 57.3 Å². The van der Waals surface area contributed by atoms with Gasteiger partial charge in [0.1, 0.15) is 5.82 Å². The van der Waals surface area contributed by atoms with E-state index >= 15 is 0 Å². The van der Waals surface area contributed by atoms with Gasteiger partial charge in [0, 0.05) is 23.1 Å². The first kappa shape index (κ1) is 19.6. The molecule has 0 spiro atoms. The summed E-state index contributed by atoms with van der Waals surface area (Å²) >= 11 is 3.35. The number of amides is 1. The van der Waals surface area contributed by atoms with Crippen molar-refractivity contribution in [1.29, 1.82) is 0 Å². The number of hydrogen-bond donors (Lipinski definition) is 2. The molecule has 2 fully saturated rings. The third-order valence-electron chi connectivity index (χ3n) is 4.85. The van der Waals surface area contributed by atoms with Crippen LogP contribution in [0.5, 0.6) is 0 Å². The quantitative estimate of drug-likeness (QED) is 0.791. The lowest BCUT2D eigenvalue weighted by Gasteiger charge is -2.35. The molecule has 1 aromatic rings. The molecule has 0 aliphatic carbocycles. The Hall–Kier alpha value is -0.690. The summed E-state index contributed by atoms with van der Waals surface area (Å²) in [5.74, 6) is 1.63. The van der Waals surface area contributed by atoms with Crippen molar-refractivity contribution in [2.24, 2.45) is 11.8 Å². The molecule has 0 radical (unpaired) electrons. The Morgan fingerprint density at radius 3 is 2.75 bits per heavy atom. The monoisotopic (exact) mass is 416 g/mol. The molecule has 2 saturated heterocycles. The minimum absolute atomic E-state index is 0. The molecular weight excluding hydrogens is 392 g/mol. The Kier molecular flexibility index (Phi) is 7.94. The molecule has 134 valence electrons. The Balaban J connectivity index is 0.00000208. The summed E-state index contributed by atoms with van der Waals surface area (Å²) in [5.41, 5.74) is 0. The summed E-state index contributed by atoms with van der Waals surface area (Å²) in [6.07, 6.45) is 6.23. The van der Waals surface area contributed by atoms with E-state index in [0.29, 0.717) is 5.82 Å². The van der Waals surface area contributed by atoms with E-state index in [1.165, 1.54) is 25.9 Å². The molecule has 7 heteroatoms. The zero-order valence-electron chi connectivity index (χ0n) is 13.8. The van der Waals surface area contributed by atoms with Gasteiger partial charge in [-0.25, -0.2) is 4.98 Å². The molecule has 1 amide bonds. The zero-order valence-corrected chi connectivity index (χ0v) is 16.2. The maximum absolute atomic E-state index is 12.4. The van der Waals surface area contributed by atoms with Crippen LogP contribution in [0.25, 0.3) is 0 Å². The van der Waals surface area contributed by atoms with Crippen LogP contribution in [-0.4, -0.2) is 48.5 Å². The van der Waals surface area contributed by atoms with Crippen molar-refractivity contribution in [3.05, 3.63) is 22.8 Å². The van der Waals surface area contributed by atoms with Gasteiger partial charge in [-0.1, -0.05) is 0 Å². The Labute approximate surface area is 158 Å². The van der Waals surface area contributed by atoms with Crippen LogP contribution >= 0.6 is 28.3 Å². The maximum atomic E-state index is 12.4. The minimum atomic E-state index is 0. The molecule has 5 nitrogen and oxygen atoms in total. The highest BCUT2D eigenvalue weighted by Crippen LogP contribution is 2.21. The molecule has 2 aliphatic rings. The van der Waals surface area contributed by atoms with Crippen LogP contribution in [0.1, 0.15) is 25.7 Å². The summed E-state index contributed by atoms with van der Waals surface area (Å²) in [6, 6.07) is 3.72. The summed E-state index contributed by atoms with van der Waals surface area (Å²) < 4.78 is 0.918. The normalized spacial score (nSPS) is 22.6. The van der Waals surface area contributed by atoms with Gasteiger partial charge in [0.05, 0.1) is 0 Å². The Bertz CT molecular complexity index is 514. The largest absolute Gasteiger partial charge is 0.316 e. The predicted molar refractivity (Wildman–Crippen MR) is 103 cm³/mol. The van der Waals surface area contributed by atoms with Gasteiger partial charge in [0.2, 0.25) is 5.91 Å². The SMILES string of the molecule is Cl.O=C(Nc1ccc(Br)cn1)C1CCN(CC2CCCNC2)CC1. The van der Waals surface area contributed by atoms with Gasteiger partial charge < -0.3 is 15.5 Å². The molecule has 3 rings (SSSR count). The third kappa shape index (κ3) is 5.69. The van der Waals surface area contributed by atoms with Gasteiger partial charge in [0.25, 0.3) is 0 Å². The molecule has 2 aliphatic heterocycles. The van der Waals surface area contributed by atoms with Crippen molar-refractivity contribution in [3.63, 3.8) is 0 Å². The predicted octanol–water partition coefficient (Wildman–Crippen LogP) is 2.92. The fourth-order valence-corrected chi connectivity index (χ4v) is 3.74. The van der Waals surface area contributed by atoms with Crippen LogP contribution in [0.15, 0.2) is 22.8 Å². The summed E-state index contributed by atoms with van der Waals surface area (Å²) in [4.78, 5) is 19.1. The summed E-state index contributed by atoms with van der Waals surface area (Å²) in [6.45, 7) is 5.55. The lowest BCUT2D eigenvalue weighted by atomic mass is 9.93. The Morgan fingerprint density at radius 1 is 1.33 bits per heavy atom. The number of carbonyl (C=O) groups is 1. The van der Waals surface area contributed by atoms with Crippen molar-refractivity contribution in [2.45, 2.75) is 25.7 Å². The van der Waals surface area contributed by atoms with Crippen LogP contribution in [-0.2, 0) is 4.79 Å². The fourth-order valence-electron chi connectivity index (χ4n) is 3.50. The van der Waals surface area contributed by atoms with Gasteiger partial charge in [0.15, 0.2) is 0 Å². The highest BCUT2D eigenvalue weighted by atomic mass is 79.9. The van der Waals surface area contributed by atoms with Gasteiger partial charge >= 0.3 is 0 Å². The lowest BCUT2D eigenvalue weighted by Crippen LogP contribution is -2.43. The molecule has 1 atom stereocenters. The van der Waals surface area contributed by atoms with Gasteiger partial charge in [-0.2, -0.15) is 0 Å². The maximum Gasteiger partial charge on any atom is 0.228 e. The van der Waals surface area contributed by atoms with E-state index in [4.69, 9.17) is 0 Å². The van der Waals surface area contributed by atoms with Crippen LogP contribution in [0.3, 0.4) is 0 Å². The number of halogens is 2. The average Bonchev–Trinajstić information content (AvgIpc) is 2.58. The number of anilines is 1. The van der Waals surface area contributed by atoms with Crippen LogP contribution in [0, 0.1) is 11.8 Å². The standard InChI is InChI=1S/C17H25BrN4O.ClH/c18-15-3-4-16(20-11-15)21-17(23)14-5-8-22(9-6-14)12-13-2-1-7-19-10-13;/h3-4,11,13-14,19H,1-2,5-10,12H2,(H,20,21,23);1H. The van der Waals surface area contributed by atoms with Crippen LogP contribution in [0.2, 0.25) is 0 Å². The number of rotatable bonds is 4. The molecule has 1 aromatic heterocycles. The number of likely N-dealkylation sites (tertiary alicyclic amines) is 1. The first-order chi connectivity index (χ1) is 11.2. The molecule has 0 bridgehead atoms. The number of nitrogens with zero attached hydrogens (tertiary/aromatic N) is 2. The number of hydrogen-bond acceptors (Lipinski definition) is 4. The molecule has 24 heavy (non-hydrogen) atoms. The highest BCUT2D eigenvalue weighted by molar-refractivity contribution is 9.10. The third-order valence-corrected chi connectivity index (χ3v) is 5.32. The summed E-state index contributed by atoms with van der Waals surface area (Å²) in [7, 11) is 0. The lowest BCUT2D eigenvalue weighted by molar-refractivity contribution is -0.121. The van der Waals surface area contributed by atoms with E-state index in [-0.39, 0.29) is 24.2 Å². The molecule has 0 saturated carbocycles. The van der Waals surface area contributed by atoms with E-state index < -0.39 is 0 Å². The first-order valence-electron chi connectivity index (χ1n) is 8.56. The van der Waals surface area contributed by atoms with Crippen LogP contribution < -0.4 is 10.6 Å². The van der Waals surface area contributed by atoms with Crippen molar-refractivity contribution in [2.75, 3.05) is 38.0 Å². The minimum Gasteiger partial charge on any atom is -0.316 e. The second-order valence-electron chi connectivity index (χ2n) is 6.64. The van der Waals surface area contributed by atoms with Gasteiger partial charge in [-0.05, 0) is 85.8 Å². The second-order valence-corrected chi connectivity index (χ2v) is 7.55. The fraction of sp³-hybridized carbons (Fsp3) is 0.647. The highest BCUT2D eigenvalue weighted by Gasteiger charge is 2.26. The second kappa shape index (κ2) is 9.70. The van der Waals surface area contributed by atoms with E-state index in [2.05, 4.69) is 36.4 Å². The number of pyridine rings is 1. The molecule has 3 heterocycles. The average molecular weight is 418 g/mol. The van der Waals surface area contributed by atoms with Crippen molar-refractivity contribution in [3.8, 4) is 0 Å². The smallest absolute Gasteiger partial charge is 0.228 e.